The standard InChI is InChI=1S/C17H17Br2NO2S/c18-13-7-8-16(15(19)11-13)20-17(21)12-23-10-4-9-22-14-5-2-1-3-6-14/h1-3,5-8,11H,4,9-10,12H2,(H,20,21). The second kappa shape index (κ2) is 10.0. The molecular formula is C17H17Br2NO2S. The highest BCUT2D eigenvalue weighted by molar-refractivity contribution is 9.11. The van der Waals surface area contributed by atoms with Gasteiger partial charge in [-0.1, -0.05) is 34.1 Å². The highest BCUT2D eigenvalue weighted by atomic mass is 79.9. The van der Waals surface area contributed by atoms with Gasteiger partial charge in [0, 0.05) is 8.95 Å². The summed E-state index contributed by atoms with van der Waals surface area (Å²) in [5.74, 6) is 2.22. The fraction of sp³-hybridized carbons (Fsp3) is 0.235. The van der Waals surface area contributed by atoms with E-state index in [1.807, 2.05) is 48.5 Å². The second-order valence-corrected chi connectivity index (χ2v) is 7.62. The monoisotopic (exact) mass is 457 g/mol. The van der Waals surface area contributed by atoms with E-state index in [4.69, 9.17) is 4.74 Å². The molecule has 0 fully saturated rings. The molecule has 0 saturated heterocycles. The number of hydrogen-bond acceptors (Lipinski definition) is 3. The van der Waals surface area contributed by atoms with Crippen LogP contribution in [0.2, 0.25) is 0 Å². The quantitative estimate of drug-likeness (QED) is 0.541. The number of nitrogens with one attached hydrogen (secondary N) is 1. The van der Waals surface area contributed by atoms with E-state index >= 15 is 0 Å². The predicted molar refractivity (Wildman–Crippen MR) is 104 cm³/mol. The summed E-state index contributed by atoms with van der Waals surface area (Å²) in [6, 6.07) is 15.4. The third-order valence-corrected chi connectivity index (χ3v) is 5.08. The number of benzene rings is 2. The molecule has 122 valence electrons. The Morgan fingerprint density at radius 3 is 2.65 bits per heavy atom. The van der Waals surface area contributed by atoms with Crippen LogP contribution in [0, 0.1) is 0 Å². The fourth-order valence-electron chi connectivity index (χ4n) is 1.81. The minimum Gasteiger partial charge on any atom is -0.494 e. The maximum atomic E-state index is 11.9. The Bertz CT molecular complexity index is 638. The van der Waals surface area contributed by atoms with E-state index in [-0.39, 0.29) is 5.91 Å². The Balaban J connectivity index is 1.59. The van der Waals surface area contributed by atoms with Crippen LogP contribution in [-0.4, -0.2) is 24.0 Å². The zero-order chi connectivity index (χ0) is 16.5. The number of carbonyl (C=O) groups is 1. The van der Waals surface area contributed by atoms with Gasteiger partial charge in [-0.15, -0.1) is 0 Å². The van der Waals surface area contributed by atoms with Gasteiger partial charge in [0.1, 0.15) is 5.75 Å². The predicted octanol–water partition coefficient (Wildman–Crippen LogP) is 5.35. The fourth-order valence-corrected chi connectivity index (χ4v) is 3.68. The molecule has 6 heteroatoms. The molecule has 0 radical (unpaired) electrons. The maximum Gasteiger partial charge on any atom is 0.234 e. The van der Waals surface area contributed by atoms with Gasteiger partial charge in [-0.05, 0) is 58.4 Å². The Morgan fingerprint density at radius 2 is 1.91 bits per heavy atom. The lowest BCUT2D eigenvalue weighted by Gasteiger charge is -2.08. The van der Waals surface area contributed by atoms with Gasteiger partial charge in [-0.2, -0.15) is 11.8 Å². The third kappa shape index (κ3) is 6.97. The molecular weight excluding hydrogens is 442 g/mol. The molecule has 0 spiro atoms. The van der Waals surface area contributed by atoms with E-state index in [0.29, 0.717) is 12.4 Å². The number of para-hydroxylation sites is 1. The van der Waals surface area contributed by atoms with Crippen LogP contribution >= 0.6 is 43.6 Å². The average molecular weight is 459 g/mol. The van der Waals surface area contributed by atoms with E-state index in [1.54, 1.807) is 11.8 Å². The number of thioether (sulfide) groups is 1. The minimum absolute atomic E-state index is 0.00185. The molecule has 0 unspecified atom stereocenters. The first-order valence-electron chi connectivity index (χ1n) is 7.15. The molecule has 1 N–H and O–H groups in total. The molecule has 0 bridgehead atoms. The number of carbonyl (C=O) groups excluding carboxylic acids is 1. The van der Waals surface area contributed by atoms with Crippen molar-refractivity contribution in [1.82, 2.24) is 0 Å². The van der Waals surface area contributed by atoms with Crippen molar-refractivity contribution in [2.24, 2.45) is 0 Å². The number of hydrogen-bond donors (Lipinski definition) is 1. The maximum absolute atomic E-state index is 11.9. The van der Waals surface area contributed by atoms with E-state index in [0.717, 1.165) is 32.6 Å². The van der Waals surface area contributed by atoms with Crippen molar-refractivity contribution in [2.75, 3.05) is 23.4 Å². The first kappa shape index (κ1) is 18.4. The lowest BCUT2D eigenvalue weighted by molar-refractivity contribution is -0.113. The molecule has 3 nitrogen and oxygen atoms in total. The second-order valence-electron chi connectivity index (χ2n) is 4.74. The molecule has 0 aliphatic heterocycles. The van der Waals surface area contributed by atoms with Crippen molar-refractivity contribution in [3.63, 3.8) is 0 Å². The SMILES string of the molecule is O=C(CSCCCOc1ccccc1)Nc1ccc(Br)cc1Br. The van der Waals surface area contributed by atoms with Gasteiger partial charge in [-0.25, -0.2) is 0 Å². The van der Waals surface area contributed by atoms with Crippen LogP contribution in [-0.2, 0) is 4.79 Å². The molecule has 0 saturated carbocycles. The van der Waals surface area contributed by atoms with Crippen molar-refractivity contribution >= 4 is 55.2 Å². The van der Waals surface area contributed by atoms with E-state index in [1.165, 1.54) is 0 Å². The average Bonchev–Trinajstić information content (AvgIpc) is 2.54. The molecule has 2 rings (SSSR count). The van der Waals surface area contributed by atoms with Crippen LogP contribution in [0.15, 0.2) is 57.5 Å². The number of amides is 1. The smallest absolute Gasteiger partial charge is 0.234 e. The van der Waals surface area contributed by atoms with Crippen molar-refractivity contribution in [3.05, 3.63) is 57.5 Å². The van der Waals surface area contributed by atoms with Gasteiger partial charge < -0.3 is 10.1 Å². The van der Waals surface area contributed by atoms with Gasteiger partial charge in [-0.3, -0.25) is 4.79 Å². The topological polar surface area (TPSA) is 38.3 Å². The Kier molecular flexibility index (Phi) is 7.99. The summed E-state index contributed by atoms with van der Waals surface area (Å²) >= 11 is 8.43. The molecule has 2 aromatic carbocycles. The molecule has 0 aliphatic carbocycles. The molecule has 0 atom stereocenters. The summed E-state index contributed by atoms with van der Waals surface area (Å²) in [7, 11) is 0. The Labute approximate surface area is 157 Å². The number of halogens is 2. The highest BCUT2D eigenvalue weighted by Gasteiger charge is 2.06. The van der Waals surface area contributed by atoms with Crippen LogP contribution in [0.1, 0.15) is 6.42 Å². The van der Waals surface area contributed by atoms with Crippen LogP contribution in [0.4, 0.5) is 5.69 Å². The summed E-state index contributed by atoms with van der Waals surface area (Å²) < 4.78 is 7.44. The van der Waals surface area contributed by atoms with Crippen LogP contribution in [0.5, 0.6) is 5.75 Å². The van der Waals surface area contributed by atoms with Crippen molar-refractivity contribution in [1.29, 1.82) is 0 Å². The molecule has 0 aliphatic rings. The summed E-state index contributed by atoms with van der Waals surface area (Å²) in [6.07, 6.45) is 0.912. The summed E-state index contributed by atoms with van der Waals surface area (Å²) in [6.45, 7) is 0.664. The Hall–Kier alpha value is -0.980. The molecule has 2 aromatic rings. The van der Waals surface area contributed by atoms with E-state index < -0.39 is 0 Å². The molecule has 23 heavy (non-hydrogen) atoms. The normalized spacial score (nSPS) is 10.3. The zero-order valence-corrected chi connectivity index (χ0v) is 16.4. The first-order valence-corrected chi connectivity index (χ1v) is 9.90. The minimum atomic E-state index is 0.00185. The van der Waals surface area contributed by atoms with Crippen molar-refractivity contribution in [2.45, 2.75) is 6.42 Å². The van der Waals surface area contributed by atoms with Gasteiger partial charge in [0.05, 0.1) is 18.0 Å². The summed E-state index contributed by atoms with van der Waals surface area (Å²) in [5, 5.41) is 2.90. The molecule has 0 aromatic heterocycles. The highest BCUT2D eigenvalue weighted by Crippen LogP contribution is 2.26. The van der Waals surface area contributed by atoms with Gasteiger partial charge in [0.25, 0.3) is 0 Å². The zero-order valence-electron chi connectivity index (χ0n) is 12.4. The Morgan fingerprint density at radius 1 is 1.13 bits per heavy atom. The molecule has 0 heterocycles. The molecule has 1 amide bonds. The van der Waals surface area contributed by atoms with E-state index in [9.17, 15) is 4.79 Å². The van der Waals surface area contributed by atoms with Gasteiger partial charge >= 0.3 is 0 Å². The lowest BCUT2D eigenvalue weighted by Crippen LogP contribution is -2.15. The van der Waals surface area contributed by atoms with Crippen molar-refractivity contribution < 1.29 is 9.53 Å². The third-order valence-electron chi connectivity index (χ3n) is 2.88. The number of ether oxygens (including phenoxy) is 1. The first-order chi connectivity index (χ1) is 11.1. The van der Waals surface area contributed by atoms with Crippen molar-refractivity contribution in [3.8, 4) is 5.75 Å². The van der Waals surface area contributed by atoms with Crippen LogP contribution < -0.4 is 10.1 Å². The van der Waals surface area contributed by atoms with Crippen LogP contribution in [0.25, 0.3) is 0 Å². The largest absolute Gasteiger partial charge is 0.494 e. The van der Waals surface area contributed by atoms with Gasteiger partial charge in [0.2, 0.25) is 5.91 Å². The van der Waals surface area contributed by atoms with Gasteiger partial charge in [0.15, 0.2) is 0 Å². The summed E-state index contributed by atoms with van der Waals surface area (Å²) in [4.78, 5) is 11.9. The number of anilines is 1. The van der Waals surface area contributed by atoms with Crippen LogP contribution in [0.3, 0.4) is 0 Å². The number of rotatable bonds is 8. The van der Waals surface area contributed by atoms with E-state index in [2.05, 4.69) is 37.2 Å². The summed E-state index contributed by atoms with van der Waals surface area (Å²) in [5.41, 5.74) is 0.784. The lowest BCUT2D eigenvalue weighted by atomic mass is 10.3.